The summed E-state index contributed by atoms with van der Waals surface area (Å²) in [6, 6.07) is 10.6. The summed E-state index contributed by atoms with van der Waals surface area (Å²) >= 11 is 1.52. The van der Waals surface area contributed by atoms with Gasteiger partial charge in [0.05, 0.1) is 23.6 Å². The quantitative estimate of drug-likeness (QED) is 0.537. The van der Waals surface area contributed by atoms with Crippen LogP contribution in [0.2, 0.25) is 0 Å². The van der Waals surface area contributed by atoms with Crippen molar-refractivity contribution in [3.8, 4) is 10.8 Å². The second kappa shape index (κ2) is 9.85. The maximum absolute atomic E-state index is 12.4. The van der Waals surface area contributed by atoms with Crippen LogP contribution in [0.15, 0.2) is 46.2 Å². The number of carbonyl (C=O) groups excluding carboxylic acids is 2. The van der Waals surface area contributed by atoms with Crippen molar-refractivity contribution < 1.29 is 23.5 Å². The van der Waals surface area contributed by atoms with Gasteiger partial charge in [-0.3, -0.25) is 10.1 Å². The Balaban J connectivity index is 1.58. The number of methoxy groups -OCH3 is 1. The third kappa shape index (κ3) is 5.90. The second-order valence-corrected chi connectivity index (χ2v) is 7.01. The number of rotatable bonds is 8. The van der Waals surface area contributed by atoms with E-state index in [0.29, 0.717) is 35.3 Å². The lowest BCUT2D eigenvalue weighted by Gasteiger charge is -2.09. The van der Waals surface area contributed by atoms with Gasteiger partial charge in [-0.15, -0.1) is 11.3 Å². The summed E-state index contributed by atoms with van der Waals surface area (Å²) in [5.74, 6) is 0.884. The summed E-state index contributed by atoms with van der Waals surface area (Å²) in [7, 11) is 1.52. The van der Waals surface area contributed by atoms with Gasteiger partial charge in [0.1, 0.15) is 12.4 Å². The molecular weight excluding hydrogens is 394 g/mol. The number of thiophene rings is 1. The fraction of sp³-hybridized carbons (Fsp3) is 0.250. The number of anilines is 2. The molecule has 2 aromatic heterocycles. The largest absolute Gasteiger partial charge is 0.447 e. The zero-order valence-electron chi connectivity index (χ0n) is 16.1. The van der Waals surface area contributed by atoms with E-state index in [4.69, 9.17) is 13.9 Å². The summed E-state index contributed by atoms with van der Waals surface area (Å²) in [4.78, 5) is 29.5. The smallest absolute Gasteiger partial charge is 0.411 e. The normalized spacial score (nSPS) is 10.6. The van der Waals surface area contributed by atoms with Crippen molar-refractivity contribution in [3.05, 3.63) is 53.2 Å². The van der Waals surface area contributed by atoms with Crippen molar-refractivity contribution in [1.29, 1.82) is 0 Å². The average Bonchev–Trinajstić information content (AvgIpc) is 3.32. The molecule has 0 fully saturated rings. The molecule has 3 rings (SSSR count). The van der Waals surface area contributed by atoms with Crippen LogP contribution in [0.3, 0.4) is 0 Å². The molecule has 0 aliphatic carbocycles. The monoisotopic (exact) mass is 415 g/mol. The van der Waals surface area contributed by atoms with Gasteiger partial charge < -0.3 is 19.2 Å². The highest BCUT2D eigenvalue weighted by atomic mass is 32.1. The summed E-state index contributed by atoms with van der Waals surface area (Å²) in [6.45, 7) is 2.26. The third-order valence-electron chi connectivity index (χ3n) is 3.87. The summed E-state index contributed by atoms with van der Waals surface area (Å²) in [5.41, 5.74) is 1.63. The van der Waals surface area contributed by atoms with Crippen LogP contribution in [0, 0.1) is 6.92 Å². The van der Waals surface area contributed by atoms with Gasteiger partial charge in [-0.2, -0.15) is 0 Å². The van der Waals surface area contributed by atoms with Crippen LogP contribution in [-0.2, 0) is 20.7 Å². The Bertz CT molecular complexity index is 968. The fourth-order valence-corrected chi connectivity index (χ4v) is 3.15. The molecule has 9 heteroatoms. The van der Waals surface area contributed by atoms with Gasteiger partial charge in [0, 0.05) is 18.5 Å². The van der Waals surface area contributed by atoms with Gasteiger partial charge in [0.25, 0.3) is 0 Å². The van der Waals surface area contributed by atoms with Crippen molar-refractivity contribution in [2.75, 3.05) is 31.0 Å². The molecule has 1 aromatic carbocycles. The first-order valence-corrected chi connectivity index (χ1v) is 9.76. The van der Waals surface area contributed by atoms with E-state index in [1.807, 2.05) is 17.5 Å². The van der Waals surface area contributed by atoms with Gasteiger partial charge in [0.15, 0.2) is 0 Å². The van der Waals surface area contributed by atoms with E-state index in [9.17, 15) is 9.59 Å². The van der Waals surface area contributed by atoms with Crippen LogP contribution < -0.4 is 10.6 Å². The van der Waals surface area contributed by atoms with E-state index in [2.05, 4.69) is 15.6 Å². The SMILES string of the molecule is COCCOC(=O)Nc1cccc(NC(=O)Cc2nc(-c3cccs3)oc2C)c1. The van der Waals surface area contributed by atoms with E-state index < -0.39 is 6.09 Å². The Morgan fingerprint density at radius 3 is 2.66 bits per heavy atom. The fourth-order valence-electron chi connectivity index (χ4n) is 2.50. The van der Waals surface area contributed by atoms with E-state index >= 15 is 0 Å². The first kappa shape index (κ1) is 20.6. The Morgan fingerprint density at radius 2 is 1.93 bits per heavy atom. The molecule has 29 heavy (non-hydrogen) atoms. The molecule has 2 heterocycles. The molecule has 0 saturated heterocycles. The third-order valence-corrected chi connectivity index (χ3v) is 4.72. The Morgan fingerprint density at radius 1 is 1.14 bits per heavy atom. The minimum atomic E-state index is -0.593. The molecule has 0 saturated carbocycles. The molecule has 2 N–H and O–H groups in total. The highest BCUT2D eigenvalue weighted by Gasteiger charge is 2.15. The van der Waals surface area contributed by atoms with Crippen LogP contribution in [0.25, 0.3) is 10.8 Å². The Kier molecular flexibility index (Phi) is 6.99. The van der Waals surface area contributed by atoms with Gasteiger partial charge in [0.2, 0.25) is 11.8 Å². The van der Waals surface area contributed by atoms with Crippen LogP contribution in [-0.4, -0.2) is 37.3 Å². The number of benzene rings is 1. The molecule has 0 atom stereocenters. The number of oxazole rings is 1. The van der Waals surface area contributed by atoms with Crippen LogP contribution in [0.4, 0.5) is 16.2 Å². The number of amides is 2. The zero-order valence-corrected chi connectivity index (χ0v) is 16.9. The van der Waals surface area contributed by atoms with Crippen LogP contribution >= 0.6 is 11.3 Å². The lowest BCUT2D eigenvalue weighted by molar-refractivity contribution is -0.115. The second-order valence-electron chi connectivity index (χ2n) is 6.06. The number of ether oxygens (including phenoxy) is 2. The molecule has 0 aliphatic heterocycles. The average molecular weight is 415 g/mol. The number of hydrogen-bond acceptors (Lipinski definition) is 7. The summed E-state index contributed by atoms with van der Waals surface area (Å²) < 4.78 is 15.4. The Hall–Kier alpha value is -3.17. The van der Waals surface area contributed by atoms with Crippen LogP contribution in [0.5, 0.6) is 0 Å². The van der Waals surface area contributed by atoms with E-state index in [1.54, 1.807) is 31.2 Å². The maximum Gasteiger partial charge on any atom is 0.411 e. The lowest BCUT2D eigenvalue weighted by Crippen LogP contribution is -2.17. The van der Waals surface area contributed by atoms with Gasteiger partial charge in [-0.1, -0.05) is 12.1 Å². The van der Waals surface area contributed by atoms with Crippen molar-refractivity contribution in [1.82, 2.24) is 4.98 Å². The zero-order chi connectivity index (χ0) is 20.6. The maximum atomic E-state index is 12.4. The van der Waals surface area contributed by atoms with Crippen molar-refractivity contribution in [2.45, 2.75) is 13.3 Å². The first-order chi connectivity index (χ1) is 14.0. The molecule has 0 bridgehead atoms. The highest BCUT2D eigenvalue weighted by Crippen LogP contribution is 2.26. The van der Waals surface area contributed by atoms with Crippen molar-refractivity contribution in [3.63, 3.8) is 0 Å². The van der Waals surface area contributed by atoms with Crippen molar-refractivity contribution >= 4 is 34.7 Å². The van der Waals surface area contributed by atoms with Crippen LogP contribution in [0.1, 0.15) is 11.5 Å². The predicted molar refractivity (Wildman–Crippen MR) is 110 cm³/mol. The van der Waals surface area contributed by atoms with Gasteiger partial charge >= 0.3 is 6.09 Å². The van der Waals surface area contributed by atoms with Gasteiger partial charge in [-0.05, 0) is 36.6 Å². The van der Waals surface area contributed by atoms with E-state index in [1.165, 1.54) is 18.4 Å². The van der Waals surface area contributed by atoms with Gasteiger partial charge in [-0.25, -0.2) is 9.78 Å². The number of carbonyl (C=O) groups is 2. The minimum Gasteiger partial charge on any atom is -0.447 e. The highest BCUT2D eigenvalue weighted by molar-refractivity contribution is 7.13. The summed E-state index contributed by atoms with van der Waals surface area (Å²) in [6.07, 6.45) is -0.512. The molecule has 0 radical (unpaired) electrons. The summed E-state index contributed by atoms with van der Waals surface area (Å²) in [5, 5.41) is 7.34. The number of nitrogens with one attached hydrogen (secondary N) is 2. The topological polar surface area (TPSA) is 103 Å². The molecule has 0 aliphatic rings. The number of aryl methyl sites for hydroxylation is 1. The molecule has 0 unspecified atom stereocenters. The molecular formula is C20H21N3O5S. The number of aromatic nitrogens is 1. The standard InChI is InChI=1S/C20H21N3O5S/c1-13-16(23-19(28-13)17-7-4-10-29-17)12-18(24)21-14-5-3-6-15(11-14)22-20(25)27-9-8-26-2/h3-7,10-11H,8-9,12H2,1-2H3,(H,21,24)(H,22,25). The van der Waals surface area contributed by atoms with E-state index in [0.717, 1.165) is 4.88 Å². The number of nitrogens with zero attached hydrogens (tertiary/aromatic N) is 1. The molecule has 3 aromatic rings. The molecule has 152 valence electrons. The first-order valence-electron chi connectivity index (χ1n) is 8.88. The minimum absolute atomic E-state index is 0.0808. The predicted octanol–water partition coefficient (Wildman–Crippen LogP) is 4.09. The lowest BCUT2D eigenvalue weighted by atomic mass is 10.2. The molecule has 0 spiro atoms. The van der Waals surface area contributed by atoms with Crippen molar-refractivity contribution in [2.24, 2.45) is 0 Å². The molecule has 2 amide bonds. The molecule has 8 nitrogen and oxygen atoms in total. The number of hydrogen-bond donors (Lipinski definition) is 2. The Labute approximate surface area is 171 Å². The van der Waals surface area contributed by atoms with E-state index in [-0.39, 0.29) is 18.9 Å².